The molecule has 3 rings (SSSR count). The number of carbonyl (C=O) groups excluding carboxylic acids is 2. The normalized spacial score (nSPS) is 27.3. The van der Waals surface area contributed by atoms with Gasteiger partial charge >= 0.3 is 0 Å². The lowest BCUT2D eigenvalue weighted by Crippen LogP contribution is -2.50. The predicted molar refractivity (Wildman–Crippen MR) is 92.9 cm³/mol. The van der Waals surface area contributed by atoms with E-state index in [4.69, 9.17) is 4.74 Å². The van der Waals surface area contributed by atoms with E-state index in [2.05, 4.69) is 10.4 Å². The largest absolute Gasteiger partial charge is 0.380 e. The Balaban J connectivity index is 1.68. The molecular formula is C15H23N5O5S. The maximum absolute atomic E-state index is 12.7. The molecule has 2 fully saturated rings. The Labute approximate surface area is 152 Å². The second kappa shape index (κ2) is 6.97. The van der Waals surface area contributed by atoms with Crippen LogP contribution >= 0.6 is 0 Å². The molecule has 1 unspecified atom stereocenters. The summed E-state index contributed by atoms with van der Waals surface area (Å²) in [7, 11) is -0.309. The van der Waals surface area contributed by atoms with Crippen molar-refractivity contribution in [2.24, 2.45) is 7.05 Å². The van der Waals surface area contributed by atoms with Crippen molar-refractivity contribution in [3.05, 3.63) is 12.4 Å². The van der Waals surface area contributed by atoms with Crippen LogP contribution in [0.25, 0.3) is 0 Å². The predicted octanol–water partition coefficient (Wildman–Crippen LogP) is -1.31. The van der Waals surface area contributed by atoms with Crippen LogP contribution in [0.3, 0.4) is 0 Å². The molecule has 2 saturated heterocycles. The Hall–Kier alpha value is -1.98. The van der Waals surface area contributed by atoms with Crippen LogP contribution < -0.4 is 10.2 Å². The van der Waals surface area contributed by atoms with Crippen LogP contribution in [-0.2, 0) is 31.4 Å². The van der Waals surface area contributed by atoms with Crippen molar-refractivity contribution < 1.29 is 22.7 Å². The number of carbonyl (C=O) groups is 2. The molecule has 1 aromatic heterocycles. The average Bonchev–Trinajstić information content (AvgIpc) is 3.26. The number of amides is 2. The molecule has 2 aliphatic rings. The summed E-state index contributed by atoms with van der Waals surface area (Å²) in [4.78, 5) is 26.8. The zero-order chi connectivity index (χ0) is 19.1. The minimum absolute atomic E-state index is 0.133. The highest BCUT2D eigenvalue weighted by atomic mass is 32.2. The van der Waals surface area contributed by atoms with Crippen LogP contribution in [0.5, 0.6) is 0 Å². The lowest BCUT2D eigenvalue weighted by molar-refractivity contribution is -0.128. The summed E-state index contributed by atoms with van der Waals surface area (Å²) in [6.07, 6.45) is 4.77. The molecule has 0 aromatic carbocycles. The van der Waals surface area contributed by atoms with E-state index >= 15 is 0 Å². The molecule has 1 aromatic rings. The number of rotatable bonds is 5. The van der Waals surface area contributed by atoms with E-state index in [-0.39, 0.29) is 25.0 Å². The SMILES string of the molecule is CO[C@H]1C[C@H](C(=O)NC2CCN(c3cnn(C)c3)C2=O)N(S(C)(=O)=O)C1. The lowest BCUT2D eigenvalue weighted by Gasteiger charge is -2.22. The van der Waals surface area contributed by atoms with E-state index in [9.17, 15) is 18.0 Å². The van der Waals surface area contributed by atoms with E-state index in [0.717, 1.165) is 10.6 Å². The molecule has 0 bridgehead atoms. The Bertz CT molecular complexity index is 807. The topological polar surface area (TPSA) is 114 Å². The highest BCUT2D eigenvalue weighted by molar-refractivity contribution is 7.88. The number of aryl methyl sites for hydroxylation is 1. The van der Waals surface area contributed by atoms with Crippen molar-refractivity contribution in [2.75, 3.05) is 31.4 Å². The smallest absolute Gasteiger partial charge is 0.249 e. The van der Waals surface area contributed by atoms with Gasteiger partial charge in [-0.3, -0.25) is 14.3 Å². The molecule has 0 saturated carbocycles. The Morgan fingerprint density at radius 3 is 2.73 bits per heavy atom. The lowest BCUT2D eigenvalue weighted by atomic mass is 10.1. The molecule has 0 radical (unpaired) electrons. The first-order valence-corrected chi connectivity index (χ1v) is 10.2. The number of anilines is 1. The third kappa shape index (κ3) is 3.60. The van der Waals surface area contributed by atoms with Gasteiger partial charge in [0.1, 0.15) is 12.1 Å². The zero-order valence-electron chi connectivity index (χ0n) is 15.0. The van der Waals surface area contributed by atoms with Gasteiger partial charge in [0, 0.05) is 39.9 Å². The molecule has 0 aliphatic carbocycles. The molecule has 1 N–H and O–H groups in total. The van der Waals surface area contributed by atoms with E-state index in [1.165, 1.54) is 7.11 Å². The standard InChI is InChI=1S/C15H23N5O5S/c1-18-8-10(7-16-18)19-5-4-12(15(19)22)17-14(21)13-6-11(25-2)9-20(13)26(3,23)24/h7-8,11-13H,4-6,9H2,1-3H3,(H,17,21)/t11-,12?,13+/m0/s1. The van der Waals surface area contributed by atoms with Crippen molar-refractivity contribution in [1.29, 1.82) is 0 Å². The van der Waals surface area contributed by atoms with Gasteiger partial charge in [-0.2, -0.15) is 9.40 Å². The number of hydrogen-bond donors (Lipinski definition) is 1. The fourth-order valence-electron chi connectivity index (χ4n) is 3.43. The van der Waals surface area contributed by atoms with Crippen molar-refractivity contribution in [1.82, 2.24) is 19.4 Å². The minimum atomic E-state index is -3.55. The zero-order valence-corrected chi connectivity index (χ0v) is 15.8. The molecular weight excluding hydrogens is 362 g/mol. The van der Waals surface area contributed by atoms with Crippen molar-refractivity contribution in [2.45, 2.75) is 31.0 Å². The summed E-state index contributed by atoms with van der Waals surface area (Å²) in [6, 6.07) is -1.54. The Kier molecular flexibility index (Phi) is 5.04. The summed E-state index contributed by atoms with van der Waals surface area (Å²) in [5.41, 5.74) is 0.673. The van der Waals surface area contributed by atoms with Gasteiger partial charge in [-0.1, -0.05) is 0 Å². The number of methoxy groups -OCH3 is 1. The second-order valence-corrected chi connectivity index (χ2v) is 8.59. The summed E-state index contributed by atoms with van der Waals surface area (Å²) in [6.45, 7) is 0.602. The molecule has 11 heteroatoms. The van der Waals surface area contributed by atoms with E-state index in [1.54, 1.807) is 29.0 Å². The third-order valence-corrected chi connectivity index (χ3v) is 6.06. The molecule has 0 spiro atoms. The van der Waals surface area contributed by atoms with Gasteiger partial charge in [-0.25, -0.2) is 8.42 Å². The van der Waals surface area contributed by atoms with Gasteiger partial charge in [0.2, 0.25) is 21.8 Å². The van der Waals surface area contributed by atoms with Gasteiger partial charge in [-0.05, 0) is 6.42 Å². The maximum atomic E-state index is 12.7. The molecule has 2 amide bonds. The first-order chi connectivity index (χ1) is 12.2. The van der Waals surface area contributed by atoms with E-state index in [0.29, 0.717) is 18.7 Å². The maximum Gasteiger partial charge on any atom is 0.249 e. The summed E-state index contributed by atoms with van der Waals surface area (Å²) >= 11 is 0. The van der Waals surface area contributed by atoms with Crippen LogP contribution in [0.15, 0.2) is 12.4 Å². The Morgan fingerprint density at radius 1 is 1.42 bits per heavy atom. The van der Waals surface area contributed by atoms with Crippen LogP contribution in [-0.4, -0.2) is 79.0 Å². The monoisotopic (exact) mass is 385 g/mol. The summed E-state index contributed by atoms with van der Waals surface area (Å²) < 4.78 is 31.9. The first-order valence-electron chi connectivity index (χ1n) is 8.30. The van der Waals surface area contributed by atoms with Gasteiger partial charge < -0.3 is 15.0 Å². The fraction of sp³-hybridized carbons (Fsp3) is 0.667. The van der Waals surface area contributed by atoms with Gasteiger partial charge in [-0.15, -0.1) is 0 Å². The van der Waals surface area contributed by atoms with Crippen molar-refractivity contribution >= 4 is 27.5 Å². The number of sulfonamides is 1. The summed E-state index contributed by atoms with van der Waals surface area (Å²) in [5, 5.41) is 6.75. The fourth-order valence-corrected chi connectivity index (χ4v) is 4.51. The highest BCUT2D eigenvalue weighted by Crippen LogP contribution is 2.25. The number of nitrogens with zero attached hydrogens (tertiary/aromatic N) is 4. The minimum Gasteiger partial charge on any atom is -0.380 e. The number of hydrogen-bond acceptors (Lipinski definition) is 6. The van der Waals surface area contributed by atoms with E-state index < -0.39 is 28.0 Å². The second-order valence-electron chi connectivity index (χ2n) is 6.65. The van der Waals surface area contributed by atoms with Crippen LogP contribution in [0, 0.1) is 0 Å². The highest BCUT2D eigenvalue weighted by Gasteiger charge is 2.44. The molecule has 3 atom stereocenters. The average molecular weight is 385 g/mol. The number of ether oxygens (including phenoxy) is 1. The van der Waals surface area contributed by atoms with Gasteiger partial charge in [0.05, 0.1) is 24.2 Å². The van der Waals surface area contributed by atoms with Gasteiger partial charge in [0.15, 0.2) is 0 Å². The molecule has 144 valence electrons. The molecule has 26 heavy (non-hydrogen) atoms. The molecule has 2 aliphatic heterocycles. The number of aromatic nitrogens is 2. The molecule has 3 heterocycles. The third-order valence-electron chi connectivity index (χ3n) is 4.80. The van der Waals surface area contributed by atoms with Crippen molar-refractivity contribution in [3.63, 3.8) is 0 Å². The Morgan fingerprint density at radius 2 is 2.15 bits per heavy atom. The number of nitrogens with one attached hydrogen (secondary N) is 1. The first kappa shape index (κ1) is 18.8. The van der Waals surface area contributed by atoms with E-state index in [1.807, 2.05) is 0 Å². The molecule has 10 nitrogen and oxygen atoms in total. The van der Waals surface area contributed by atoms with Crippen LogP contribution in [0.4, 0.5) is 5.69 Å². The summed E-state index contributed by atoms with van der Waals surface area (Å²) in [5.74, 6) is -0.695. The van der Waals surface area contributed by atoms with Crippen molar-refractivity contribution in [3.8, 4) is 0 Å². The van der Waals surface area contributed by atoms with Crippen LogP contribution in [0.2, 0.25) is 0 Å². The van der Waals surface area contributed by atoms with Gasteiger partial charge in [0.25, 0.3) is 0 Å². The quantitative estimate of drug-likeness (QED) is 0.673. The van der Waals surface area contributed by atoms with Crippen LogP contribution in [0.1, 0.15) is 12.8 Å².